The summed E-state index contributed by atoms with van der Waals surface area (Å²) < 4.78 is 4.94. The minimum Gasteiger partial charge on any atom is -0.479 e. The van der Waals surface area contributed by atoms with E-state index in [1.165, 1.54) is 13.8 Å². The van der Waals surface area contributed by atoms with Crippen LogP contribution < -0.4 is 0 Å². The molecule has 0 aromatic rings. The van der Waals surface area contributed by atoms with E-state index >= 15 is 0 Å². The Morgan fingerprint density at radius 3 is 2.17 bits per heavy atom. The van der Waals surface area contributed by atoms with Crippen LogP contribution in [0.3, 0.4) is 0 Å². The predicted molar refractivity (Wildman–Crippen MR) is 38.6 cm³/mol. The molecule has 0 amide bonds. The van der Waals surface area contributed by atoms with Crippen LogP contribution >= 0.6 is 0 Å². The minimum atomic E-state index is -1.68. The first-order chi connectivity index (χ1) is 5.39. The number of aliphatic hydroxyl groups excluding tert-OH is 2. The van der Waals surface area contributed by atoms with Crippen molar-refractivity contribution >= 4 is 5.97 Å². The summed E-state index contributed by atoms with van der Waals surface area (Å²) in [5.74, 6) is -1.27. The number of carboxylic acids is 1. The molecule has 70 valence electrons. The van der Waals surface area contributed by atoms with Crippen LogP contribution in [-0.2, 0) is 9.53 Å². The van der Waals surface area contributed by atoms with Crippen LogP contribution in [0.15, 0.2) is 0 Å². The number of carbonyl (C=O) groups is 1. The lowest BCUT2D eigenvalue weighted by Crippen LogP contribution is -2.47. The van der Waals surface area contributed by atoms with Crippen LogP contribution in [0.5, 0.6) is 0 Å². The number of ether oxygens (including phenoxy) is 1. The Labute approximate surface area is 69.6 Å². The van der Waals surface area contributed by atoms with Gasteiger partial charge in [0.1, 0.15) is 12.2 Å². The normalized spacial score (nSPS) is 47.8. The smallest absolute Gasteiger partial charge is 0.338 e. The summed E-state index contributed by atoms with van der Waals surface area (Å²) in [5, 5.41) is 27.2. The van der Waals surface area contributed by atoms with Gasteiger partial charge < -0.3 is 20.1 Å². The molecule has 1 aliphatic heterocycles. The van der Waals surface area contributed by atoms with E-state index in [-0.39, 0.29) is 0 Å². The molecule has 1 fully saturated rings. The molecule has 5 heteroatoms. The number of carboxylic acid groups (broad SMARTS) is 1. The van der Waals surface area contributed by atoms with Gasteiger partial charge in [0.15, 0.2) is 5.60 Å². The fraction of sp³-hybridized carbons (Fsp3) is 0.857. The van der Waals surface area contributed by atoms with Crippen molar-refractivity contribution in [1.29, 1.82) is 0 Å². The van der Waals surface area contributed by atoms with Crippen LogP contribution in [0.2, 0.25) is 0 Å². The summed E-state index contributed by atoms with van der Waals surface area (Å²) in [6.07, 6.45) is -3.16. The lowest BCUT2D eigenvalue weighted by molar-refractivity contribution is -0.168. The van der Waals surface area contributed by atoms with Crippen molar-refractivity contribution in [1.82, 2.24) is 0 Å². The third kappa shape index (κ3) is 1.10. The highest BCUT2D eigenvalue weighted by atomic mass is 16.6. The Hall–Kier alpha value is -0.650. The first kappa shape index (κ1) is 9.44. The quantitative estimate of drug-likeness (QED) is 0.475. The Morgan fingerprint density at radius 1 is 1.50 bits per heavy atom. The molecule has 1 heterocycles. The second-order valence-corrected chi connectivity index (χ2v) is 3.17. The summed E-state index contributed by atoms with van der Waals surface area (Å²) in [4.78, 5) is 10.6. The van der Waals surface area contributed by atoms with Crippen molar-refractivity contribution in [3.05, 3.63) is 0 Å². The van der Waals surface area contributed by atoms with Gasteiger partial charge in [0.25, 0.3) is 0 Å². The molecule has 3 N–H and O–H groups in total. The molecule has 1 aliphatic rings. The highest BCUT2D eigenvalue weighted by Crippen LogP contribution is 2.30. The van der Waals surface area contributed by atoms with Crippen molar-refractivity contribution < 1.29 is 24.9 Å². The first-order valence-electron chi connectivity index (χ1n) is 3.67. The van der Waals surface area contributed by atoms with E-state index in [2.05, 4.69) is 0 Å². The molecule has 0 aromatic carbocycles. The van der Waals surface area contributed by atoms with E-state index in [9.17, 15) is 15.0 Å². The highest BCUT2D eigenvalue weighted by Gasteiger charge is 2.54. The molecule has 0 aliphatic carbocycles. The van der Waals surface area contributed by atoms with Gasteiger partial charge in [-0.2, -0.15) is 0 Å². The Balaban J connectivity index is 2.89. The second kappa shape index (κ2) is 2.69. The number of hydrogen-bond acceptors (Lipinski definition) is 4. The van der Waals surface area contributed by atoms with Crippen molar-refractivity contribution in [2.45, 2.75) is 37.8 Å². The maximum absolute atomic E-state index is 10.6. The van der Waals surface area contributed by atoms with Crippen LogP contribution in [0.1, 0.15) is 13.8 Å². The first-order valence-corrected chi connectivity index (χ1v) is 3.67. The number of aliphatic hydroxyl groups is 2. The molecule has 0 saturated carbocycles. The van der Waals surface area contributed by atoms with Crippen molar-refractivity contribution in [2.75, 3.05) is 0 Å². The van der Waals surface area contributed by atoms with Gasteiger partial charge in [-0.1, -0.05) is 0 Å². The van der Waals surface area contributed by atoms with Crippen molar-refractivity contribution in [2.24, 2.45) is 0 Å². The summed E-state index contributed by atoms with van der Waals surface area (Å²) in [7, 11) is 0. The largest absolute Gasteiger partial charge is 0.479 e. The standard InChI is InChI=1S/C7H12O5/c1-3-4(8)5(9)7(2,12-3)6(10)11/h3-5,8-9H,1-2H3,(H,10,11)/t3-,4?,5?,7-/m0/s1. The molecule has 12 heavy (non-hydrogen) atoms. The van der Waals surface area contributed by atoms with E-state index in [0.29, 0.717) is 0 Å². The lowest BCUT2D eigenvalue weighted by atomic mass is 9.97. The molecule has 5 nitrogen and oxygen atoms in total. The maximum Gasteiger partial charge on any atom is 0.338 e. The molecule has 1 saturated heterocycles. The van der Waals surface area contributed by atoms with Gasteiger partial charge in [0.05, 0.1) is 6.10 Å². The molecular formula is C7H12O5. The molecule has 0 bridgehead atoms. The maximum atomic E-state index is 10.6. The van der Waals surface area contributed by atoms with Gasteiger partial charge in [0, 0.05) is 0 Å². The summed E-state index contributed by atoms with van der Waals surface area (Å²) in [6.45, 7) is 2.76. The van der Waals surface area contributed by atoms with Crippen LogP contribution in [0.4, 0.5) is 0 Å². The molecule has 0 spiro atoms. The molecule has 1 rings (SSSR count). The molecule has 0 aromatic heterocycles. The Bertz CT molecular complexity index is 204. The van der Waals surface area contributed by atoms with Crippen molar-refractivity contribution in [3.63, 3.8) is 0 Å². The van der Waals surface area contributed by atoms with Gasteiger partial charge in [0.2, 0.25) is 0 Å². The zero-order chi connectivity index (χ0) is 9.52. The molecule has 2 unspecified atom stereocenters. The van der Waals surface area contributed by atoms with Gasteiger partial charge in [-0.05, 0) is 13.8 Å². The third-order valence-corrected chi connectivity index (χ3v) is 2.22. The average Bonchev–Trinajstić information content (AvgIpc) is 2.17. The van der Waals surface area contributed by atoms with E-state index in [1.807, 2.05) is 0 Å². The topological polar surface area (TPSA) is 87.0 Å². The zero-order valence-corrected chi connectivity index (χ0v) is 6.89. The number of rotatable bonds is 1. The van der Waals surface area contributed by atoms with Crippen LogP contribution in [0, 0.1) is 0 Å². The predicted octanol–water partition coefficient (Wildman–Crippen LogP) is -1.03. The Kier molecular flexibility index (Phi) is 2.11. The zero-order valence-electron chi connectivity index (χ0n) is 6.89. The van der Waals surface area contributed by atoms with Crippen LogP contribution in [0.25, 0.3) is 0 Å². The summed E-state index contributed by atoms with van der Waals surface area (Å²) in [5.41, 5.74) is -1.68. The second-order valence-electron chi connectivity index (χ2n) is 3.17. The molecule has 0 radical (unpaired) electrons. The monoisotopic (exact) mass is 176 g/mol. The summed E-state index contributed by atoms with van der Waals surface area (Å²) >= 11 is 0. The van der Waals surface area contributed by atoms with Crippen LogP contribution in [-0.4, -0.2) is 45.2 Å². The average molecular weight is 176 g/mol. The number of aliphatic carboxylic acids is 1. The van der Waals surface area contributed by atoms with E-state index in [0.717, 1.165) is 0 Å². The summed E-state index contributed by atoms with van der Waals surface area (Å²) in [6, 6.07) is 0. The fourth-order valence-corrected chi connectivity index (χ4v) is 1.29. The minimum absolute atomic E-state index is 0.652. The third-order valence-electron chi connectivity index (χ3n) is 2.22. The molecular weight excluding hydrogens is 164 g/mol. The lowest BCUT2D eigenvalue weighted by Gasteiger charge is -2.21. The van der Waals surface area contributed by atoms with Gasteiger partial charge in [-0.15, -0.1) is 0 Å². The van der Waals surface area contributed by atoms with Gasteiger partial charge in [-0.3, -0.25) is 0 Å². The fourth-order valence-electron chi connectivity index (χ4n) is 1.29. The van der Waals surface area contributed by atoms with Gasteiger partial charge in [-0.25, -0.2) is 4.79 Å². The SMILES string of the molecule is C[C@@H]1O[C@](C)(C(=O)O)C(O)C1O. The van der Waals surface area contributed by atoms with Gasteiger partial charge >= 0.3 is 5.97 Å². The Morgan fingerprint density at radius 2 is 2.00 bits per heavy atom. The van der Waals surface area contributed by atoms with E-state index in [4.69, 9.17) is 9.84 Å². The highest BCUT2D eigenvalue weighted by molar-refractivity contribution is 5.78. The number of hydrogen-bond donors (Lipinski definition) is 3. The molecule has 4 atom stereocenters. The van der Waals surface area contributed by atoms with E-state index < -0.39 is 29.9 Å². The van der Waals surface area contributed by atoms with Crippen molar-refractivity contribution in [3.8, 4) is 0 Å². The van der Waals surface area contributed by atoms with E-state index in [1.54, 1.807) is 0 Å².